The summed E-state index contributed by atoms with van der Waals surface area (Å²) in [4.78, 5) is 0. The SMILES string of the molecule is Cc1c(Cl)cccc1NC(=S)NC1CCCc2ccccc21. The highest BCUT2D eigenvalue weighted by atomic mass is 35.5. The van der Waals surface area contributed by atoms with Gasteiger partial charge in [0.25, 0.3) is 0 Å². The predicted octanol–water partition coefficient (Wildman–Crippen LogP) is 5.01. The third-order valence-electron chi connectivity index (χ3n) is 4.19. The highest BCUT2D eigenvalue weighted by Crippen LogP contribution is 2.29. The van der Waals surface area contributed by atoms with Crippen molar-refractivity contribution in [2.75, 3.05) is 5.32 Å². The Morgan fingerprint density at radius 3 is 2.86 bits per heavy atom. The molecule has 0 radical (unpaired) electrons. The first-order chi connectivity index (χ1) is 10.6. The van der Waals surface area contributed by atoms with E-state index < -0.39 is 0 Å². The van der Waals surface area contributed by atoms with Crippen molar-refractivity contribution >= 4 is 34.6 Å². The molecule has 0 bridgehead atoms. The molecule has 0 heterocycles. The van der Waals surface area contributed by atoms with Gasteiger partial charge in [-0.2, -0.15) is 0 Å². The standard InChI is InChI=1S/C18H19ClN2S/c1-12-15(19)9-5-10-16(12)20-18(22)21-17-11-4-7-13-6-2-3-8-14(13)17/h2-3,5-6,8-10,17H,4,7,11H2,1H3,(H2,20,21,22). The number of hydrogen-bond acceptors (Lipinski definition) is 1. The van der Waals surface area contributed by atoms with E-state index in [1.807, 2.05) is 25.1 Å². The van der Waals surface area contributed by atoms with Gasteiger partial charge in [0.2, 0.25) is 0 Å². The second kappa shape index (κ2) is 6.67. The first-order valence-electron chi connectivity index (χ1n) is 7.55. The zero-order chi connectivity index (χ0) is 15.5. The summed E-state index contributed by atoms with van der Waals surface area (Å²) in [6.45, 7) is 1.99. The van der Waals surface area contributed by atoms with Crippen LogP contribution in [0.5, 0.6) is 0 Å². The summed E-state index contributed by atoms with van der Waals surface area (Å²) in [7, 11) is 0. The fourth-order valence-electron chi connectivity index (χ4n) is 2.96. The molecule has 0 saturated heterocycles. The summed E-state index contributed by atoms with van der Waals surface area (Å²) in [5.41, 5.74) is 4.75. The molecular formula is C18H19ClN2S. The lowest BCUT2D eigenvalue weighted by Gasteiger charge is -2.27. The quantitative estimate of drug-likeness (QED) is 0.757. The summed E-state index contributed by atoms with van der Waals surface area (Å²) in [6, 6.07) is 14.7. The molecule has 0 saturated carbocycles. The van der Waals surface area contributed by atoms with E-state index in [1.54, 1.807) is 0 Å². The Balaban J connectivity index is 1.72. The normalized spacial score (nSPS) is 16.7. The maximum Gasteiger partial charge on any atom is 0.171 e. The van der Waals surface area contributed by atoms with Gasteiger partial charge in [-0.3, -0.25) is 0 Å². The number of anilines is 1. The lowest BCUT2D eigenvalue weighted by Crippen LogP contribution is -2.34. The van der Waals surface area contributed by atoms with Gasteiger partial charge >= 0.3 is 0 Å². The Labute approximate surface area is 141 Å². The monoisotopic (exact) mass is 330 g/mol. The zero-order valence-corrected chi connectivity index (χ0v) is 14.1. The van der Waals surface area contributed by atoms with Crippen LogP contribution in [0.4, 0.5) is 5.69 Å². The van der Waals surface area contributed by atoms with Crippen LogP contribution in [0.15, 0.2) is 42.5 Å². The first-order valence-corrected chi connectivity index (χ1v) is 8.34. The Hall–Kier alpha value is -1.58. The molecule has 114 valence electrons. The van der Waals surface area contributed by atoms with E-state index in [-0.39, 0.29) is 6.04 Å². The van der Waals surface area contributed by atoms with Gasteiger partial charge in [-0.25, -0.2) is 0 Å². The highest BCUT2D eigenvalue weighted by molar-refractivity contribution is 7.80. The molecule has 3 rings (SSSR count). The average Bonchev–Trinajstić information content (AvgIpc) is 2.52. The fraction of sp³-hybridized carbons (Fsp3) is 0.278. The minimum atomic E-state index is 0.282. The van der Waals surface area contributed by atoms with Crippen LogP contribution in [0.1, 0.15) is 35.6 Å². The minimum Gasteiger partial charge on any atom is -0.356 e. The Kier molecular flexibility index (Phi) is 4.65. The largest absolute Gasteiger partial charge is 0.356 e. The molecule has 1 aliphatic carbocycles. The zero-order valence-electron chi connectivity index (χ0n) is 12.5. The van der Waals surface area contributed by atoms with E-state index in [4.69, 9.17) is 23.8 Å². The van der Waals surface area contributed by atoms with Crippen molar-refractivity contribution in [3.05, 3.63) is 64.2 Å². The molecule has 0 amide bonds. The summed E-state index contributed by atoms with van der Waals surface area (Å²) in [5, 5.41) is 8.10. The molecule has 0 aliphatic heterocycles. The number of hydrogen-bond donors (Lipinski definition) is 2. The average molecular weight is 331 g/mol. The lowest BCUT2D eigenvalue weighted by atomic mass is 9.88. The predicted molar refractivity (Wildman–Crippen MR) is 97.7 cm³/mol. The van der Waals surface area contributed by atoms with Crippen molar-refractivity contribution in [3.8, 4) is 0 Å². The topological polar surface area (TPSA) is 24.1 Å². The van der Waals surface area contributed by atoms with Crippen LogP contribution in [-0.2, 0) is 6.42 Å². The van der Waals surface area contributed by atoms with Crippen molar-refractivity contribution in [1.82, 2.24) is 5.32 Å². The van der Waals surface area contributed by atoms with Gasteiger partial charge in [0.05, 0.1) is 6.04 Å². The van der Waals surface area contributed by atoms with E-state index >= 15 is 0 Å². The molecule has 0 spiro atoms. The van der Waals surface area contributed by atoms with E-state index in [1.165, 1.54) is 17.5 Å². The Morgan fingerprint density at radius 2 is 2.00 bits per heavy atom. The summed E-state index contributed by atoms with van der Waals surface area (Å²) in [5.74, 6) is 0. The second-order valence-corrected chi connectivity index (χ2v) is 6.47. The number of aryl methyl sites for hydroxylation is 1. The van der Waals surface area contributed by atoms with Crippen molar-refractivity contribution in [2.45, 2.75) is 32.2 Å². The molecule has 0 fully saturated rings. The van der Waals surface area contributed by atoms with E-state index in [0.29, 0.717) is 5.11 Å². The molecule has 0 aromatic heterocycles. The van der Waals surface area contributed by atoms with Crippen molar-refractivity contribution in [3.63, 3.8) is 0 Å². The van der Waals surface area contributed by atoms with Crippen LogP contribution in [0.25, 0.3) is 0 Å². The second-order valence-electron chi connectivity index (χ2n) is 5.65. The van der Waals surface area contributed by atoms with Crippen LogP contribution in [0.3, 0.4) is 0 Å². The fourth-order valence-corrected chi connectivity index (χ4v) is 3.39. The van der Waals surface area contributed by atoms with Gasteiger partial charge in [0.15, 0.2) is 5.11 Å². The molecule has 4 heteroatoms. The van der Waals surface area contributed by atoms with Gasteiger partial charge in [-0.1, -0.05) is 41.9 Å². The summed E-state index contributed by atoms with van der Waals surface area (Å²) in [6.07, 6.45) is 3.45. The smallest absolute Gasteiger partial charge is 0.171 e. The van der Waals surface area contributed by atoms with Gasteiger partial charge in [0.1, 0.15) is 0 Å². The van der Waals surface area contributed by atoms with E-state index in [2.05, 4.69) is 34.9 Å². The van der Waals surface area contributed by atoms with Crippen molar-refractivity contribution in [1.29, 1.82) is 0 Å². The summed E-state index contributed by atoms with van der Waals surface area (Å²) < 4.78 is 0. The Bertz CT molecular complexity index is 699. The third-order valence-corrected chi connectivity index (χ3v) is 4.82. The molecule has 1 atom stereocenters. The van der Waals surface area contributed by atoms with Gasteiger partial charge < -0.3 is 10.6 Å². The van der Waals surface area contributed by atoms with E-state index in [0.717, 1.165) is 29.1 Å². The molecule has 2 aromatic rings. The number of rotatable bonds is 2. The number of thiocarbonyl (C=S) groups is 1. The van der Waals surface area contributed by atoms with Crippen LogP contribution >= 0.6 is 23.8 Å². The minimum absolute atomic E-state index is 0.282. The number of halogens is 1. The van der Waals surface area contributed by atoms with Crippen LogP contribution in [-0.4, -0.2) is 5.11 Å². The van der Waals surface area contributed by atoms with Gasteiger partial charge in [0, 0.05) is 10.7 Å². The third kappa shape index (κ3) is 3.26. The summed E-state index contributed by atoms with van der Waals surface area (Å²) >= 11 is 11.6. The van der Waals surface area contributed by atoms with Gasteiger partial charge in [-0.15, -0.1) is 0 Å². The number of nitrogens with one attached hydrogen (secondary N) is 2. The van der Waals surface area contributed by atoms with Crippen LogP contribution < -0.4 is 10.6 Å². The molecule has 2 nitrogen and oxygen atoms in total. The number of benzene rings is 2. The lowest BCUT2D eigenvalue weighted by molar-refractivity contribution is 0.529. The first kappa shape index (κ1) is 15.3. The molecule has 1 unspecified atom stereocenters. The maximum atomic E-state index is 6.15. The van der Waals surface area contributed by atoms with Gasteiger partial charge in [-0.05, 0) is 67.2 Å². The molecule has 2 N–H and O–H groups in total. The molecule has 22 heavy (non-hydrogen) atoms. The Morgan fingerprint density at radius 1 is 1.18 bits per heavy atom. The van der Waals surface area contributed by atoms with Crippen molar-refractivity contribution in [2.24, 2.45) is 0 Å². The molecule has 2 aromatic carbocycles. The van der Waals surface area contributed by atoms with Crippen LogP contribution in [0.2, 0.25) is 5.02 Å². The molecule has 1 aliphatic rings. The van der Waals surface area contributed by atoms with Crippen LogP contribution in [0, 0.1) is 6.92 Å². The van der Waals surface area contributed by atoms with Crippen molar-refractivity contribution < 1.29 is 0 Å². The van der Waals surface area contributed by atoms with E-state index in [9.17, 15) is 0 Å². The number of fused-ring (bicyclic) bond motifs is 1. The molecular weight excluding hydrogens is 312 g/mol. The highest BCUT2D eigenvalue weighted by Gasteiger charge is 2.20. The maximum absolute atomic E-state index is 6.15.